The van der Waals surface area contributed by atoms with Gasteiger partial charge in [-0.1, -0.05) is 72.3 Å². The molecule has 1 aliphatic heterocycles. The van der Waals surface area contributed by atoms with Gasteiger partial charge >= 0.3 is 0 Å². The quantitative estimate of drug-likeness (QED) is 0.250. The molecule has 0 aliphatic carbocycles. The van der Waals surface area contributed by atoms with Gasteiger partial charge in [0.15, 0.2) is 0 Å². The third-order valence-corrected chi connectivity index (χ3v) is 11.3. The first kappa shape index (κ1) is 30.6. The number of para-hydroxylation sites is 1. The fraction of sp³-hybridized carbons (Fsp3) is 0.219. The number of rotatable bonds is 8. The summed E-state index contributed by atoms with van der Waals surface area (Å²) < 4.78 is 55.8. The molecule has 0 bridgehead atoms. The van der Waals surface area contributed by atoms with Crippen LogP contribution in [0.1, 0.15) is 33.4 Å². The fourth-order valence-corrected chi connectivity index (χ4v) is 9.25. The molecule has 43 heavy (non-hydrogen) atoms. The maximum Gasteiger partial charge on any atom is 0.247 e. The number of ether oxygens (including phenoxy) is 1. The summed E-state index contributed by atoms with van der Waals surface area (Å²) >= 11 is 6.52. The SMILES string of the molecule is COc1c(C)cc(C2(c3ccc(N(S(C)(=O)=O)S(C)(=O)=O)cc3)C(=O)N(Cc3ccccc3Cl)c3ccccc32)cc1C. The highest BCUT2D eigenvalue weighted by molar-refractivity contribution is 8.09. The molecule has 5 rings (SSSR count). The Morgan fingerprint density at radius 3 is 1.93 bits per heavy atom. The molecule has 1 amide bonds. The van der Waals surface area contributed by atoms with Crippen molar-refractivity contribution in [3.8, 4) is 5.75 Å². The Kier molecular flexibility index (Phi) is 7.83. The molecule has 4 aromatic rings. The highest BCUT2D eigenvalue weighted by atomic mass is 35.5. The molecule has 0 N–H and O–H groups in total. The van der Waals surface area contributed by atoms with Gasteiger partial charge in [0, 0.05) is 16.3 Å². The molecule has 0 spiro atoms. The van der Waals surface area contributed by atoms with Crippen LogP contribution in [0.15, 0.2) is 84.9 Å². The Balaban J connectivity index is 1.79. The number of aryl methyl sites for hydroxylation is 2. The minimum atomic E-state index is -4.16. The molecule has 1 unspecified atom stereocenters. The van der Waals surface area contributed by atoms with E-state index < -0.39 is 25.5 Å². The molecule has 4 aromatic carbocycles. The van der Waals surface area contributed by atoms with Crippen LogP contribution in [0.3, 0.4) is 0 Å². The molecule has 0 fully saturated rings. The van der Waals surface area contributed by atoms with Gasteiger partial charge in [-0.05, 0) is 65.9 Å². The van der Waals surface area contributed by atoms with Crippen LogP contribution in [0.5, 0.6) is 5.75 Å². The van der Waals surface area contributed by atoms with Crippen molar-refractivity contribution in [1.82, 2.24) is 0 Å². The molecule has 1 heterocycles. The van der Waals surface area contributed by atoms with Crippen molar-refractivity contribution in [2.75, 3.05) is 28.2 Å². The van der Waals surface area contributed by atoms with E-state index in [2.05, 4.69) is 0 Å². The summed E-state index contributed by atoms with van der Waals surface area (Å²) in [7, 11) is -6.72. The van der Waals surface area contributed by atoms with E-state index in [1.54, 1.807) is 30.2 Å². The van der Waals surface area contributed by atoms with Crippen molar-refractivity contribution in [2.45, 2.75) is 25.8 Å². The van der Waals surface area contributed by atoms with E-state index in [0.717, 1.165) is 34.8 Å². The van der Waals surface area contributed by atoms with E-state index in [0.29, 0.717) is 31.3 Å². The zero-order valence-electron chi connectivity index (χ0n) is 24.3. The molecule has 0 saturated carbocycles. The Hall–Kier alpha value is -3.86. The molecule has 1 atom stereocenters. The zero-order valence-corrected chi connectivity index (χ0v) is 26.7. The summed E-state index contributed by atoms with van der Waals surface area (Å²) in [6.07, 6.45) is 1.66. The molecular weight excluding hydrogens is 608 g/mol. The van der Waals surface area contributed by atoms with Gasteiger partial charge < -0.3 is 9.64 Å². The maximum atomic E-state index is 15.0. The van der Waals surface area contributed by atoms with E-state index in [1.807, 2.05) is 68.4 Å². The fourth-order valence-electron chi connectivity index (χ4n) is 6.08. The van der Waals surface area contributed by atoms with E-state index in [9.17, 15) is 21.6 Å². The molecule has 0 radical (unpaired) electrons. The first-order valence-corrected chi connectivity index (χ1v) is 17.4. The normalized spacial score (nSPS) is 16.7. The minimum Gasteiger partial charge on any atom is -0.496 e. The molecule has 8 nitrogen and oxygen atoms in total. The van der Waals surface area contributed by atoms with Crippen LogP contribution in [-0.4, -0.2) is 42.4 Å². The Morgan fingerprint density at radius 1 is 0.814 bits per heavy atom. The predicted molar refractivity (Wildman–Crippen MR) is 170 cm³/mol. The van der Waals surface area contributed by atoms with Gasteiger partial charge in [0.2, 0.25) is 26.0 Å². The predicted octanol–water partition coefficient (Wildman–Crippen LogP) is 5.57. The van der Waals surface area contributed by atoms with Crippen LogP contribution in [0.25, 0.3) is 0 Å². The number of carbonyl (C=O) groups is 1. The summed E-state index contributed by atoms with van der Waals surface area (Å²) in [6.45, 7) is 4.05. The van der Waals surface area contributed by atoms with Crippen LogP contribution in [0, 0.1) is 13.8 Å². The molecule has 1 aliphatic rings. The first-order chi connectivity index (χ1) is 20.2. The van der Waals surface area contributed by atoms with Crippen LogP contribution in [0.2, 0.25) is 5.02 Å². The second-order valence-corrected chi connectivity index (χ2v) is 15.0. The number of hydrogen-bond acceptors (Lipinski definition) is 6. The molecular formula is C32H31ClN2O6S2. The van der Waals surface area contributed by atoms with Gasteiger partial charge in [-0.2, -0.15) is 3.71 Å². The molecule has 11 heteroatoms. The van der Waals surface area contributed by atoms with Crippen molar-refractivity contribution in [3.63, 3.8) is 0 Å². The van der Waals surface area contributed by atoms with Gasteiger partial charge in [0.1, 0.15) is 11.2 Å². The standard InChI is InChI=1S/C32H31ClN2O6S2/c1-21-18-25(19-22(2)30(21)41-3)32(24-14-16-26(17-15-24)35(42(4,37)38)43(5,39)40)27-11-7-9-13-29(27)34(31(32)36)20-23-10-6-8-12-28(23)33/h6-19H,20H2,1-5H3. The van der Waals surface area contributed by atoms with E-state index in [4.69, 9.17) is 16.3 Å². The van der Waals surface area contributed by atoms with E-state index in [-0.39, 0.29) is 18.1 Å². The van der Waals surface area contributed by atoms with Gasteiger partial charge in [0.05, 0.1) is 31.9 Å². The number of methoxy groups -OCH3 is 1. The number of halogens is 1. The second-order valence-electron chi connectivity index (χ2n) is 10.7. The van der Waals surface area contributed by atoms with Gasteiger partial charge in [0.25, 0.3) is 0 Å². The number of carbonyl (C=O) groups excluding carboxylic acids is 1. The maximum absolute atomic E-state index is 15.0. The summed E-state index contributed by atoms with van der Waals surface area (Å²) in [5.41, 5.74) is 3.71. The summed E-state index contributed by atoms with van der Waals surface area (Å²) in [5, 5.41) is 0.535. The Bertz CT molecular complexity index is 1910. The lowest BCUT2D eigenvalue weighted by Gasteiger charge is -2.32. The number of anilines is 2. The van der Waals surface area contributed by atoms with E-state index >= 15 is 0 Å². The van der Waals surface area contributed by atoms with Crippen molar-refractivity contribution in [3.05, 3.63) is 123 Å². The highest BCUT2D eigenvalue weighted by Gasteiger charge is 2.53. The summed E-state index contributed by atoms with van der Waals surface area (Å²) in [5.74, 6) is 0.478. The average Bonchev–Trinajstić information content (AvgIpc) is 3.17. The van der Waals surface area contributed by atoms with Crippen LogP contribution in [0.4, 0.5) is 11.4 Å². The Morgan fingerprint density at radius 2 is 1.37 bits per heavy atom. The van der Waals surface area contributed by atoms with E-state index in [1.165, 1.54) is 12.1 Å². The first-order valence-electron chi connectivity index (χ1n) is 13.3. The van der Waals surface area contributed by atoms with Gasteiger partial charge in [-0.25, -0.2) is 16.8 Å². The van der Waals surface area contributed by atoms with Crippen molar-refractivity contribution in [1.29, 1.82) is 0 Å². The summed E-state index contributed by atoms with van der Waals surface area (Å²) in [6, 6.07) is 24.8. The average molecular weight is 639 g/mol. The number of benzene rings is 4. The monoisotopic (exact) mass is 638 g/mol. The lowest BCUT2D eigenvalue weighted by Crippen LogP contribution is -2.42. The third-order valence-electron chi connectivity index (χ3n) is 7.66. The lowest BCUT2D eigenvalue weighted by atomic mass is 9.69. The van der Waals surface area contributed by atoms with Crippen LogP contribution in [-0.2, 0) is 36.8 Å². The largest absolute Gasteiger partial charge is 0.496 e. The molecule has 0 saturated heterocycles. The number of hydrogen-bond donors (Lipinski definition) is 0. The number of sulfonamides is 2. The number of fused-ring (bicyclic) bond motifs is 1. The number of amides is 1. The second kappa shape index (κ2) is 11.0. The van der Waals surface area contributed by atoms with Crippen molar-refractivity contribution in [2.24, 2.45) is 0 Å². The van der Waals surface area contributed by atoms with Crippen LogP contribution >= 0.6 is 11.6 Å². The number of nitrogens with zero attached hydrogens (tertiary/aromatic N) is 2. The molecule has 224 valence electrons. The highest BCUT2D eigenvalue weighted by Crippen LogP contribution is 2.52. The summed E-state index contributed by atoms with van der Waals surface area (Å²) in [4.78, 5) is 16.7. The zero-order chi connectivity index (χ0) is 31.3. The topological polar surface area (TPSA) is 101 Å². The van der Waals surface area contributed by atoms with Crippen LogP contribution < -0.4 is 13.3 Å². The van der Waals surface area contributed by atoms with Gasteiger partial charge in [-0.3, -0.25) is 4.79 Å². The van der Waals surface area contributed by atoms with Crippen molar-refractivity contribution >= 4 is 48.9 Å². The third kappa shape index (κ3) is 5.17. The molecule has 0 aromatic heterocycles. The minimum absolute atomic E-state index is 0.0577. The van der Waals surface area contributed by atoms with Gasteiger partial charge in [-0.15, -0.1) is 0 Å². The lowest BCUT2D eigenvalue weighted by molar-refractivity contribution is -0.120. The Labute approximate surface area is 257 Å². The smallest absolute Gasteiger partial charge is 0.247 e. The van der Waals surface area contributed by atoms with Crippen molar-refractivity contribution < 1.29 is 26.4 Å².